The second kappa shape index (κ2) is 7.33. The predicted octanol–water partition coefficient (Wildman–Crippen LogP) is 2.25. The molecule has 30 heavy (non-hydrogen) atoms. The summed E-state index contributed by atoms with van der Waals surface area (Å²) in [6.45, 7) is 1.25. The van der Waals surface area contributed by atoms with Crippen LogP contribution in [0.2, 0.25) is 0 Å². The van der Waals surface area contributed by atoms with Gasteiger partial charge in [-0.3, -0.25) is 14.6 Å². The highest BCUT2D eigenvalue weighted by atomic mass is 19.1. The molecule has 0 bridgehead atoms. The van der Waals surface area contributed by atoms with Gasteiger partial charge >= 0.3 is 0 Å². The zero-order chi connectivity index (χ0) is 20.7. The minimum absolute atomic E-state index is 0.0239. The van der Waals surface area contributed by atoms with Crippen LogP contribution in [-0.4, -0.2) is 51.5 Å². The number of nitrogens with zero attached hydrogens (tertiary/aromatic N) is 5. The minimum atomic E-state index is -0.407. The number of benzene rings is 1. The molecule has 2 aliphatic rings. The molecule has 2 fully saturated rings. The van der Waals surface area contributed by atoms with Crippen molar-refractivity contribution >= 4 is 17.5 Å². The van der Waals surface area contributed by atoms with Crippen molar-refractivity contribution in [1.29, 1.82) is 0 Å². The lowest BCUT2D eigenvalue weighted by Crippen LogP contribution is -2.51. The van der Waals surface area contributed by atoms with Gasteiger partial charge in [-0.1, -0.05) is 11.2 Å². The van der Waals surface area contributed by atoms with E-state index in [1.807, 2.05) is 12.1 Å². The Hall–Kier alpha value is -3.62. The fourth-order valence-electron chi connectivity index (χ4n) is 3.82. The van der Waals surface area contributed by atoms with Gasteiger partial charge in [-0.2, -0.15) is 4.98 Å². The van der Waals surface area contributed by atoms with Crippen molar-refractivity contribution in [1.82, 2.24) is 20.0 Å². The molecular weight excluding hydrogens is 389 g/mol. The van der Waals surface area contributed by atoms with E-state index >= 15 is 0 Å². The van der Waals surface area contributed by atoms with Crippen LogP contribution in [0.5, 0.6) is 0 Å². The monoisotopic (exact) mass is 407 g/mol. The Labute approximate surface area is 171 Å². The Morgan fingerprint density at radius 1 is 1.10 bits per heavy atom. The average Bonchev–Trinajstić information content (AvgIpc) is 3.35. The van der Waals surface area contributed by atoms with Crippen molar-refractivity contribution < 1.29 is 18.5 Å². The van der Waals surface area contributed by atoms with Crippen LogP contribution in [0.25, 0.3) is 11.5 Å². The molecule has 2 saturated heterocycles. The number of hydrogen-bond acceptors (Lipinski definition) is 6. The average molecular weight is 407 g/mol. The summed E-state index contributed by atoms with van der Waals surface area (Å²) in [4.78, 5) is 37.0. The Kier molecular flexibility index (Phi) is 4.50. The maximum Gasteiger partial charge on any atom is 0.233 e. The van der Waals surface area contributed by atoms with E-state index in [0.717, 1.165) is 0 Å². The molecule has 2 amide bonds. The summed E-state index contributed by atoms with van der Waals surface area (Å²) in [6.07, 6.45) is 1.81. The van der Waals surface area contributed by atoms with Crippen LogP contribution in [0.3, 0.4) is 0 Å². The molecular formula is C21H18FN5O3. The molecule has 0 radical (unpaired) electrons. The van der Waals surface area contributed by atoms with Gasteiger partial charge in [0.05, 0.1) is 11.8 Å². The molecule has 1 atom stereocenters. The van der Waals surface area contributed by atoms with E-state index in [9.17, 15) is 14.0 Å². The van der Waals surface area contributed by atoms with E-state index in [4.69, 9.17) is 4.52 Å². The number of halogens is 1. The molecule has 2 aliphatic heterocycles. The van der Waals surface area contributed by atoms with Crippen molar-refractivity contribution in [2.75, 3.05) is 24.5 Å². The third-order valence-electron chi connectivity index (χ3n) is 5.49. The topological polar surface area (TPSA) is 92.4 Å². The van der Waals surface area contributed by atoms with Crippen LogP contribution in [0.15, 0.2) is 53.2 Å². The molecule has 5 rings (SSSR count). The van der Waals surface area contributed by atoms with E-state index in [0.29, 0.717) is 42.7 Å². The third-order valence-corrected chi connectivity index (χ3v) is 5.49. The van der Waals surface area contributed by atoms with Crippen molar-refractivity contribution in [3.8, 4) is 11.5 Å². The zero-order valence-corrected chi connectivity index (χ0v) is 15.9. The van der Waals surface area contributed by atoms with Crippen LogP contribution in [0.1, 0.15) is 18.2 Å². The van der Waals surface area contributed by atoms with Gasteiger partial charge in [-0.25, -0.2) is 4.39 Å². The van der Waals surface area contributed by atoms with Crippen LogP contribution in [0, 0.1) is 11.7 Å². The molecule has 0 aliphatic carbocycles. The lowest BCUT2D eigenvalue weighted by atomic mass is 9.96. The highest BCUT2D eigenvalue weighted by Gasteiger charge is 2.42. The summed E-state index contributed by atoms with van der Waals surface area (Å²) in [7, 11) is 0. The Morgan fingerprint density at radius 3 is 2.63 bits per heavy atom. The van der Waals surface area contributed by atoms with Gasteiger partial charge in [0.1, 0.15) is 11.5 Å². The van der Waals surface area contributed by atoms with E-state index < -0.39 is 5.92 Å². The maximum absolute atomic E-state index is 13.1. The van der Waals surface area contributed by atoms with Gasteiger partial charge in [0.25, 0.3) is 0 Å². The standard InChI is InChI=1S/C21H18FN5O3/c22-15-4-6-16(7-5-15)27-12-13(9-18(27)28)21(29)26-10-14(11-26)20-24-19(25-30-20)17-3-1-2-8-23-17/h1-8,13-14H,9-12H2/t13-/m1/s1. The van der Waals surface area contributed by atoms with E-state index in [2.05, 4.69) is 15.1 Å². The molecule has 152 valence electrons. The molecule has 0 N–H and O–H groups in total. The second-order valence-corrected chi connectivity index (χ2v) is 7.49. The van der Waals surface area contributed by atoms with Gasteiger partial charge in [-0.15, -0.1) is 0 Å². The number of pyridine rings is 1. The van der Waals surface area contributed by atoms with Crippen molar-refractivity contribution in [3.63, 3.8) is 0 Å². The Bertz CT molecular complexity index is 1080. The molecule has 0 saturated carbocycles. The number of amides is 2. The normalized spacial score (nSPS) is 19.2. The number of carbonyl (C=O) groups is 2. The summed E-state index contributed by atoms with van der Waals surface area (Å²) in [5.41, 5.74) is 1.23. The molecule has 2 aromatic heterocycles. The van der Waals surface area contributed by atoms with Crippen LogP contribution >= 0.6 is 0 Å². The molecule has 4 heterocycles. The summed E-state index contributed by atoms with van der Waals surface area (Å²) in [5, 5.41) is 3.97. The van der Waals surface area contributed by atoms with Crippen LogP contribution in [-0.2, 0) is 9.59 Å². The van der Waals surface area contributed by atoms with Gasteiger partial charge < -0.3 is 14.3 Å². The molecule has 3 aromatic rings. The van der Waals surface area contributed by atoms with Gasteiger partial charge in [-0.05, 0) is 36.4 Å². The largest absolute Gasteiger partial charge is 0.341 e. The number of aromatic nitrogens is 3. The van der Waals surface area contributed by atoms with E-state index in [1.165, 1.54) is 17.0 Å². The highest BCUT2D eigenvalue weighted by molar-refractivity contribution is 6.00. The summed E-state index contributed by atoms with van der Waals surface area (Å²) in [5.74, 6) is -0.0826. The molecule has 8 nitrogen and oxygen atoms in total. The SMILES string of the molecule is O=C([C@@H]1CC(=O)N(c2ccc(F)cc2)C1)N1CC(c2nc(-c3ccccn3)no2)C1. The number of hydrogen-bond donors (Lipinski definition) is 0. The van der Waals surface area contributed by atoms with Crippen LogP contribution in [0.4, 0.5) is 10.1 Å². The quantitative estimate of drug-likeness (QED) is 0.659. The second-order valence-electron chi connectivity index (χ2n) is 7.49. The van der Waals surface area contributed by atoms with Gasteiger partial charge in [0.2, 0.25) is 23.5 Å². The number of rotatable bonds is 4. The fourth-order valence-corrected chi connectivity index (χ4v) is 3.82. The Balaban J connectivity index is 1.20. The Morgan fingerprint density at radius 2 is 1.90 bits per heavy atom. The summed E-state index contributed by atoms with van der Waals surface area (Å²) >= 11 is 0. The molecule has 1 aromatic carbocycles. The van der Waals surface area contributed by atoms with E-state index in [-0.39, 0.29) is 30.0 Å². The molecule has 0 unspecified atom stereocenters. The first kappa shape index (κ1) is 18.4. The number of likely N-dealkylation sites (tertiary alicyclic amines) is 1. The summed E-state index contributed by atoms with van der Waals surface area (Å²) < 4.78 is 18.5. The summed E-state index contributed by atoms with van der Waals surface area (Å²) in [6, 6.07) is 11.2. The fraction of sp³-hybridized carbons (Fsp3) is 0.286. The maximum atomic E-state index is 13.1. The lowest BCUT2D eigenvalue weighted by Gasteiger charge is -2.38. The van der Waals surface area contributed by atoms with E-state index in [1.54, 1.807) is 29.3 Å². The first-order valence-electron chi connectivity index (χ1n) is 9.68. The zero-order valence-electron chi connectivity index (χ0n) is 15.9. The number of anilines is 1. The van der Waals surface area contributed by atoms with Crippen LogP contribution < -0.4 is 4.90 Å². The highest BCUT2D eigenvalue weighted by Crippen LogP contribution is 2.32. The predicted molar refractivity (Wildman–Crippen MR) is 104 cm³/mol. The molecule has 9 heteroatoms. The van der Waals surface area contributed by atoms with Crippen molar-refractivity contribution in [2.24, 2.45) is 5.92 Å². The minimum Gasteiger partial charge on any atom is -0.341 e. The lowest BCUT2D eigenvalue weighted by molar-refractivity contribution is -0.140. The van der Waals surface area contributed by atoms with Crippen molar-refractivity contribution in [3.05, 3.63) is 60.4 Å². The third kappa shape index (κ3) is 3.32. The first-order chi connectivity index (χ1) is 14.6. The smallest absolute Gasteiger partial charge is 0.233 e. The van der Waals surface area contributed by atoms with Gasteiger partial charge in [0.15, 0.2) is 0 Å². The first-order valence-corrected chi connectivity index (χ1v) is 9.68. The van der Waals surface area contributed by atoms with Crippen molar-refractivity contribution in [2.45, 2.75) is 12.3 Å². The molecule has 0 spiro atoms. The van der Waals surface area contributed by atoms with Gasteiger partial charge in [0, 0.05) is 37.9 Å². The number of carbonyl (C=O) groups excluding carboxylic acids is 2.